The molecule has 2 aromatic rings. The van der Waals surface area contributed by atoms with Crippen molar-refractivity contribution in [3.63, 3.8) is 0 Å². The third-order valence-electron chi connectivity index (χ3n) is 2.86. The monoisotopic (exact) mass is 372 g/mol. The van der Waals surface area contributed by atoms with E-state index in [0.717, 1.165) is 5.56 Å². The number of rotatable bonds is 7. The minimum Gasteiger partial charge on any atom is -0.316 e. The molecule has 0 aliphatic rings. The molecule has 0 radical (unpaired) electrons. The highest BCUT2D eigenvalue weighted by atomic mass is 79.9. The number of hydrogen-bond donors (Lipinski definition) is 2. The van der Waals surface area contributed by atoms with Crippen molar-refractivity contribution in [3.8, 4) is 0 Å². The van der Waals surface area contributed by atoms with Gasteiger partial charge in [-0.2, -0.15) is 5.10 Å². The summed E-state index contributed by atoms with van der Waals surface area (Å²) in [5.41, 5.74) is 1.01. The van der Waals surface area contributed by atoms with Gasteiger partial charge in [-0.3, -0.25) is 4.68 Å². The smallest absolute Gasteiger partial charge is 0.241 e. The zero-order valence-corrected chi connectivity index (χ0v) is 14.0. The van der Waals surface area contributed by atoms with Crippen LogP contribution in [-0.4, -0.2) is 31.8 Å². The Bertz CT molecular complexity index is 686. The molecule has 2 N–H and O–H groups in total. The molecule has 1 aromatic heterocycles. The topological polar surface area (TPSA) is 76.0 Å². The first kappa shape index (κ1) is 16.2. The van der Waals surface area contributed by atoms with Crippen molar-refractivity contribution in [1.29, 1.82) is 0 Å². The van der Waals surface area contributed by atoms with Gasteiger partial charge >= 0.3 is 0 Å². The number of hydrogen-bond acceptors (Lipinski definition) is 4. The third kappa shape index (κ3) is 4.37. The van der Waals surface area contributed by atoms with Crippen molar-refractivity contribution in [3.05, 3.63) is 46.7 Å². The van der Waals surface area contributed by atoms with E-state index < -0.39 is 10.0 Å². The van der Waals surface area contributed by atoms with Crippen molar-refractivity contribution < 1.29 is 8.42 Å². The first-order chi connectivity index (χ1) is 10.0. The minimum absolute atomic E-state index is 0.239. The normalized spacial score (nSPS) is 11.7. The summed E-state index contributed by atoms with van der Waals surface area (Å²) in [5.74, 6) is 0. The van der Waals surface area contributed by atoms with Crippen molar-refractivity contribution >= 4 is 26.0 Å². The molecule has 0 aliphatic carbocycles. The average Bonchev–Trinajstić information content (AvgIpc) is 2.92. The van der Waals surface area contributed by atoms with Crippen LogP contribution in [0.1, 0.15) is 5.56 Å². The van der Waals surface area contributed by atoms with E-state index in [4.69, 9.17) is 0 Å². The Kier molecular flexibility index (Phi) is 5.51. The predicted octanol–water partition coefficient (Wildman–Crippen LogP) is 1.34. The molecule has 0 fully saturated rings. The molecule has 114 valence electrons. The molecule has 1 heterocycles. The number of nitrogens with one attached hydrogen (secondary N) is 2. The predicted molar refractivity (Wildman–Crippen MR) is 84.3 cm³/mol. The summed E-state index contributed by atoms with van der Waals surface area (Å²) in [5, 5.41) is 7.05. The summed E-state index contributed by atoms with van der Waals surface area (Å²) in [4.78, 5) is 0.239. The van der Waals surface area contributed by atoms with Crippen LogP contribution in [0.3, 0.4) is 0 Å². The number of benzene rings is 1. The molecular formula is C13H17BrN4O2S. The van der Waals surface area contributed by atoms with Crippen LogP contribution in [0, 0.1) is 0 Å². The molecule has 0 spiro atoms. The molecule has 0 saturated heterocycles. The Hall–Kier alpha value is -1.22. The standard InChI is InChI=1S/C13H17BrN4O2S/c1-15-10-11-3-4-13(12(14)9-11)21(19,20)17-6-8-18-7-2-5-16-18/h2-5,7,9,15,17H,6,8,10H2,1H3. The van der Waals surface area contributed by atoms with Crippen molar-refractivity contribution in [2.45, 2.75) is 18.0 Å². The van der Waals surface area contributed by atoms with Crippen LogP contribution in [-0.2, 0) is 23.1 Å². The van der Waals surface area contributed by atoms with Gasteiger partial charge in [0.25, 0.3) is 0 Å². The highest BCUT2D eigenvalue weighted by molar-refractivity contribution is 9.10. The van der Waals surface area contributed by atoms with Crippen LogP contribution in [0.2, 0.25) is 0 Å². The highest BCUT2D eigenvalue weighted by Crippen LogP contribution is 2.23. The molecule has 0 aliphatic heterocycles. The van der Waals surface area contributed by atoms with E-state index in [1.807, 2.05) is 7.05 Å². The maximum atomic E-state index is 12.3. The van der Waals surface area contributed by atoms with Gasteiger partial charge in [-0.1, -0.05) is 6.07 Å². The quantitative estimate of drug-likeness (QED) is 0.768. The minimum atomic E-state index is -3.53. The van der Waals surface area contributed by atoms with Crippen molar-refractivity contribution in [2.24, 2.45) is 0 Å². The molecule has 2 rings (SSSR count). The second-order valence-electron chi connectivity index (χ2n) is 4.46. The lowest BCUT2D eigenvalue weighted by molar-refractivity contribution is 0.560. The first-order valence-electron chi connectivity index (χ1n) is 6.43. The molecule has 6 nitrogen and oxygen atoms in total. The van der Waals surface area contributed by atoms with Gasteiger partial charge < -0.3 is 5.32 Å². The molecule has 0 unspecified atom stereocenters. The molecule has 0 amide bonds. The van der Waals surface area contributed by atoms with Crippen LogP contribution >= 0.6 is 15.9 Å². The Labute approximate surface area is 132 Å². The van der Waals surface area contributed by atoms with Gasteiger partial charge in [0.2, 0.25) is 10.0 Å². The van der Waals surface area contributed by atoms with E-state index >= 15 is 0 Å². The van der Waals surface area contributed by atoms with Gasteiger partial charge in [-0.05, 0) is 46.7 Å². The SMILES string of the molecule is CNCc1ccc(S(=O)(=O)NCCn2cccn2)c(Br)c1. The van der Waals surface area contributed by atoms with E-state index in [-0.39, 0.29) is 11.4 Å². The Balaban J connectivity index is 2.04. The molecule has 0 saturated carbocycles. The zero-order chi connectivity index (χ0) is 15.3. The van der Waals surface area contributed by atoms with Crippen molar-refractivity contribution in [2.75, 3.05) is 13.6 Å². The fraction of sp³-hybridized carbons (Fsp3) is 0.308. The van der Waals surface area contributed by atoms with E-state index in [1.54, 1.807) is 41.3 Å². The maximum absolute atomic E-state index is 12.3. The van der Waals surface area contributed by atoms with Crippen LogP contribution < -0.4 is 10.0 Å². The Morgan fingerprint density at radius 1 is 1.38 bits per heavy atom. The summed E-state index contributed by atoms with van der Waals surface area (Å²) in [7, 11) is -1.69. The average molecular weight is 373 g/mol. The van der Waals surface area contributed by atoms with Gasteiger partial charge in [0.1, 0.15) is 0 Å². The lowest BCUT2D eigenvalue weighted by Gasteiger charge is -2.10. The number of sulfonamides is 1. The lowest BCUT2D eigenvalue weighted by atomic mass is 10.2. The summed E-state index contributed by atoms with van der Waals surface area (Å²) in [6.45, 7) is 1.46. The highest BCUT2D eigenvalue weighted by Gasteiger charge is 2.17. The zero-order valence-electron chi connectivity index (χ0n) is 11.6. The Morgan fingerprint density at radius 2 is 2.19 bits per heavy atom. The van der Waals surface area contributed by atoms with Gasteiger partial charge in [0.05, 0.1) is 11.4 Å². The lowest BCUT2D eigenvalue weighted by Crippen LogP contribution is -2.28. The summed E-state index contributed by atoms with van der Waals surface area (Å²) in [6, 6.07) is 7.00. The van der Waals surface area contributed by atoms with Crippen molar-refractivity contribution in [1.82, 2.24) is 19.8 Å². The third-order valence-corrected chi connectivity index (χ3v) is 5.30. The van der Waals surface area contributed by atoms with Crippen LogP contribution in [0.4, 0.5) is 0 Å². The van der Waals surface area contributed by atoms with E-state index in [1.165, 1.54) is 0 Å². The largest absolute Gasteiger partial charge is 0.316 e. The van der Waals surface area contributed by atoms with Crippen LogP contribution in [0.25, 0.3) is 0 Å². The second kappa shape index (κ2) is 7.17. The van der Waals surface area contributed by atoms with Gasteiger partial charge in [0.15, 0.2) is 0 Å². The van der Waals surface area contributed by atoms with Crippen LogP contribution in [0.5, 0.6) is 0 Å². The summed E-state index contributed by atoms with van der Waals surface area (Å²) < 4.78 is 29.3. The fourth-order valence-electron chi connectivity index (χ4n) is 1.88. The van der Waals surface area contributed by atoms with E-state index in [0.29, 0.717) is 17.6 Å². The molecule has 0 bridgehead atoms. The molecule has 8 heteroatoms. The summed E-state index contributed by atoms with van der Waals surface area (Å²) >= 11 is 3.32. The first-order valence-corrected chi connectivity index (χ1v) is 8.70. The molecule has 21 heavy (non-hydrogen) atoms. The van der Waals surface area contributed by atoms with Gasteiger partial charge in [-0.25, -0.2) is 13.1 Å². The number of nitrogens with zero attached hydrogens (tertiary/aromatic N) is 2. The number of halogens is 1. The van der Waals surface area contributed by atoms with Crippen LogP contribution in [0.15, 0.2) is 46.0 Å². The van der Waals surface area contributed by atoms with E-state index in [2.05, 4.69) is 31.1 Å². The van der Waals surface area contributed by atoms with Gasteiger partial charge in [0, 0.05) is 30.0 Å². The second-order valence-corrected chi connectivity index (χ2v) is 7.05. The fourth-order valence-corrected chi connectivity index (χ4v) is 4.03. The Morgan fingerprint density at radius 3 is 2.81 bits per heavy atom. The number of aromatic nitrogens is 2. The van der Waals surface area contributed by atoms with Gasteiger partial charge in [-0.15, -0.1) is 0 Å². The molecule has 1 aromatic carbocycles. The maximum Gasteiger partial charge on any atom is 0.241 e. The summed E-state index contributed by atoms with van der Waals surface area (Å²) in [6.07, 6.45) is 3.45. The van der Waals surface area contributed by atoms with E-state index in [9.17, 15) is 8.42 Å². The molecule has 0 atom stereocenters. The molecular weight excluding hydrogens is 356 g/mol.